The molecule has 0 saturated heterocycles. The Labute approximate surface area is 154 Å². The van der Waals surface area contributed by atoms with Crippen molar-refractivity contribution in [2.24, 2.45) is 0 Å². The quantitative estimate of drug-likeness (QED) is 0.385. The smallest absolute Gasteiger partial charge is 0.224 e. The first-order valence-electron chi connectivity index (χ1n) is 7.70. The molecule has 0 fully saturated rings. The van der Waals surface area contributed by atoms with Crippen LogP contribution in [-0.4, -0.2) is 16.1 Å². The van der Waals surface area contributed by atoms with Gasteiger partial charge in [-0.3, -0.25) is 0 Å². The van der Waals surface area contributed by atoms with Gasteiger partial charge in [-0.1, -0.05) is 35.5 Å². The lowest BCUT2D eigenvalue weighted by Crippen LogP contribution is -2.12. The van der Waals surface area contributed by atoms with Crippen molar-refractivity contribution in [3.05, 3.63) is 59.4 Å². The first-order chi connectivity index (χ1) is 12.5. The van der Waals surface area contributed by atoms with Crippen molar-refractivity contribution in [1.29, 1.82) is 0 Å². The van der Waals surface area contributed by atoms with Crippen molar-refractivity contribution in [1.82, 2.24) is 9.97 Å². The van der Waals surface area contributed by atoms with Gasteiger partial charge in [-0.2, -0.15) is 26.3 Å². The van der Waals surface area contributed by atoms with Gasteiger partial charge in [0.15, 0.2) is 0 Å². The number of rotatable bonds is 3. The third-order valence-electron chi connectivity index (χ3n) is 3.61. The summed E-state index contributed by atoms with van der Waals surface area (Å²) in [6, 6.07) is 10.3. The van der Waals surface area contributed by atoms with E-state index in [1.165, 1.54) is 30.3 Å². The Kier molecular flexibility index (Phi) is 5.07. The summed E-state index contributed by atoms with van der Waals surface area (Å²) >= 11 is 0.950. The van der Waals surface area contributed by atoms with Crippen molar-refractivity contribution in [3.63, 3.8) is 0 Å². The fourth-order valence-electron chi connectivity index (χ4n) is 2.44. The summed E-state index contributed by atoms with van der Waals surface area (Å²) in [4.78, 5) is 7.69. The molecule has 0 N–H and O–H groups in total. The molecular weight excluding hydrogens is 390 g/mol. The van der Waals surface area contributed by atoms with E-state index >= 15 is 0 Å². The van der Waals surface area contributed by atoms with E-state index in [4.69, 9.17) is 0 Å². The maximum Gasteiger partial charge on any atom is 0.451 e. The molecule has 2 aromatic carbocycles. The first-order valence-corrected chi connectivity index (χ1v) is 8.52. The van der Waals surface area contributed by atoms with E-state index in [-0.39, 0.29) is 16.1 Å². The number of alkyl halides is 6. The molecule has 0 amide bonds. The van der Waals surface area contributed by atoms with Crippen molar-refractivity contribution in [3.8, 4) is 0 Å². The molecule has 0 aliphatic carbocycles. The SMILES string of the molecule is Cc1ccc2nc(C(F)(F)F)nc(Sc3ccc(CC(F)(F)F)cc3)c2c1. The fourth-order valence-corrected chi connectivity index (χ4v) is 3.34. The third kappa shape index (κ3) is 4.91. The van der Waals surface area contributed by atoms with Gasteiger partial charge in [0.05, 0.1) is 11.9 Å². The van der Waals surface area contributed by atoms with Gasteiger partial charge < -0.3 is 0 Å². The molecule has 0 spiro atoms. The summed E-state index contributed by atoms with van der Waals surface area (Å²) < 4.78 is 76.5. The van der Waals surface area contributed by atoms with E-state index < -0.39 is 24.6 Å². The van der Waals surface area contributed by atoms with Crippen molar-refractivity contribution < 1.29 is 26.3 Å². The molecule has 0 bridgehead atoms. The highest BCUT2D eigenvalue weighted by Gasteiger charge is 2.35. The van der Waals surface area contributed by atoms with Crippen LogP contribution in [0.5, 0.6) is 0 Å². The standard InChI is InChI=1S/C18H12F6N2S/c1-10-2-7-14-13(8-10)15(26-16(25-14)18(22,23)24)27-12-5-3-11(4-6-12)9-17(19,20)21/h2-8H,9H2,1H3. The molecule has 1 aromatic heterocycles. The molecule has 0 radical (unpaired) electrons. The second-order valence-corrected chi connectivity index (χ2v) is 6.97. The van der Waals surface area contributed by atoms with Gasteiger partial charge in [0.25, 0.3) is 0 Å². The zero-order valence-electron chi connectivity index (χ0n) is 13.8. The molecule has 0 unspecified atom stereocenters. The third-order valence-corrected chi connectivity index (χ3v) is 4.62. The lowest BCUT2D eigenvalue weighted by Gasteiger charge is -2.11. The largest absolute Gasteiger partial charge is 0.451 e. The highest BCUT2D eigenvalue weighted by molar-refractivity contribution is 7.99. The van der Waals surface area contributed by atoms with Crippen molar-refractivity contribution in [2.45, 2.75) is 35.6 Å². The van der Waals surface area contributed by atoms with Crippen LogP contribution in [0.3, 0.4) is 0 Å². The number of hydrogen-bond donors (Lipinski definition) is 0. The van der Waals surface area contributed by atoms with Gasteiger partial charge in [-0.15, -0.1) is 0 Å². The van der Waals surface area contributed by atoms with E-state index in [9.17, 15) is 26.3 Å². The van der Waals surface area contributed by atoms with Gasteiger partial charge in [0.2, 0.25) is 5.82 Å². The van der Waals surface area contributed by atoms with Crippen LogP contribution in [0.4, 0.5) is 26.3 Å². The normalized spacial score (nSPS) is 12.6. The molecule has 9 heteroatoms. The molecule has 0 aliphatic heterocycles. The van der Waals surface area contributed by atoms with Gasteiger partial charge >= 0.3 is 12.4 Å². The summed E-state index contributed by atoms with van der Waals surface area (Å²) in [6.07, 6.45) is -10.1. The maximum atomic E-state index is 13.1. The van der Waals surface area contributed by atoms with E-state index in [2.05, 4.69) is 9.97 Å². The molecule has 0 aliphatic rings. The molecule has 0 atom stereocenters. The number of halogens is 6. The average Bonchev–Trinajstić information content (AvgIpc) is 2.54. The number of fused-ring (bicyclic) bond motifs is 1. The topological polar surface area (TPSA) is 25.8 Å². The highest BCUT2D eigenvalue weighted by atomic mass is 32.2. The lowest BCUT2D eigenvalue weighted by atomic mass is 10.1. The number of hydrogen-bond acceptors (Lipinski definition) is 3. The van der Waals surface area contributed by atoms with E-state index in [0.29, 0.717) is 10.3 Å². The summed E-state index contributed by atoms with van der Waals surface area (Å²) in [6.45, 7) is 1.79. The van der Waals surface area contributed by atoms with Gasteiger partial charge in [-0.05, 0) is 36.8 Å². The van der Waals surface area contributed by atoms with Crippen LogP contribution in [0.25, 0.3) is 10.9 Å². The van der Waals surface area contributed by atoms with Crippen molar-refractivity contribution in [2.75, 3.05) is 0 Å². The Hall–Kier alpha value is -2.29. The second-order valence-electron chi connectivity index (χ2n) is 5.91. The summed E-state index contributed by atoms with van der Waals surface area (Å²) in [5.41, 5.74) is 1.05. The van der Waals surface area contributed by atoms with Crippen molar-refractivity contribution >= 4 is 22.7 Å². The summed E-state index contributed by atoms with van der Waals surface area (Å²) in [7, 11) is 0. The predicted octanol–water partition coefficient (Wildman–Crippen LogP) is 6.21. The second kappa shape index (κ2) is 7.03. The molecule has 0 saturated carbocycles. The van der Waals surface area contributed by atoms with Crippen LogP contribution in [-0.2, 0) is 12.6 Å². The maximum absolute atomic E-state index is 13.1. The Morgan fingerprint density at radius 1 is 0.889 bits per heavy atom. The Bertz CT molecular complexity index is 964. The van der Waals surface area contributed by atoms with Crippen LogP contribution in [0.15, 0.2) is 52.4 Å². The Morgan fingerprint density at radius 2 is 1.56 bits per heavy atom. The average molecular weight is 402 g/mol. The van der Waals surface area contributed by atoms with Gasteiger partial charge in [-0.25, -0.2) is 9.97 Å². The van der Waals surface area contributed by atoms with Crippen LogP contribution in [0.2, 0.25) is 0 Å². The number of nitrogens with zero attached hydrogens (tertiary/aromatic N) is 2. The molecule has 3 aromatic rings. The number of benzene rings is 2. The minimum Gasteiger partial charge on any atom is -0.224 e. The van der Waals surface area contributed by atoms with Crippen LogP contribution in [0.1, 0.15) is 17.0 Å². The zero-order chi connectivity index (χ0) is 19.8. The zero-order valence-corrected chi connectivity index (χ0v) is 14.6. The predicted molar refractivity (Wildman–Crippen MR) is 89.6 cm³/mol. The van der Waals surface area contributed by atoms with Crippen LogP contribution in [0, 0.1) is 6.92 Å². The van der Waals surface area contributed by atoms with Gasteiger partial charge in [0.1, 0.15) is 5.03 Å². The van der Waals surface area contributed by atoms with Crippen LogP contribution < -0.4 is 0 Å². The van der Waals surface area contributed by atoms with Gasteiger partial charge in [0, 0.05) is 10.3 Å². The highest BCUT2D eigenvalue weighted by Crippen LogP contribution is 2.36. The molecular formula is C18H12F6N2S. The first kappa shape index (κ1) is 19.5. The monoisotopic (exact) mass is 402 g/mol. The minimum atomic E-state index is -4.70. The molecule has 2 nitrogen and oxygen atoms in total. The number of aryl methyl sites for hydroxylation is 1. The lowest BCUT2D eigenvalue weighted by molar-refractivity contribution is -0.145. The molecule has 27 heavy (non-hydrogen) atoms. The molecule has 1 heterocycles. The minimum absolute atomic E-state index is 0.0752. The van der Waals surface area contributed by atoms with Crippen LogP contribution >= 0.6 is 11.8 Å². The summed E-state index contributed by atoms with van der Waals surface area (Å²) in [5.74, 6) is -1.25. The molecule has 3 rings (SSSR count). The van der Waals surface area contributed by atoms with E-state index in [1.54, 1.807) is 19.1 Å². The molecule has 142 valence electrons. The van der Waals surface area contributed by atoms with E-state index in [0.717, 1.165) is 17.3 Å². The Morgan fingerprint density at radius 3 is 2.15 bits per heavy atom. The number of aromatic nitrogens is 2. The Balaban J connectivity index is 1.99. The van der Waals surface area contributed by atoms with E-state index in [1.807, 2.05) is 0 Å². The fraction of sp³-hybridized carbons (Fsp3) is 0.222. The summed E-state index contributed by atoms with van der Waals surface area (Å²) in [5, 5.41) is 0.548.